The fraction of sp³-hybridized carbons (Fsp3) is 0.833. The van der Waals surface area contributed by atoms with Gasteiger partial charge in [0.1, 0.15) is 11.1 Å². The summed E-state index contributed by atoms with van der Waals surface area (Å²) in [6.07, 6.45) is 1.15. The molecule has 0 bridgehead atoms. The molecule has 0 aromatic carbocycles. The molecule has 6 nitrogen and oxygen atoms in total. The molecule has 0 aromatic rings. The van der Waals surface area contributed by atoms with E-state index in [1.54, 1.807) is 20.8 Å². The van der Waals surface area contributed by atoms with Crippen LogP contribution in [0.2, 0.25) is 0 Å². The molecule has 0 unspecified atom stereocenters. The van der Waals surface area contributed by atoms with E-state index in [2.05, 4.69) is 5.32 Å². The van der Waals surface area contributed by atoms with Crippen molar-refractivity contribution < 1.29 is 19.4 Å². The molecule has 4 N–H and O–H groups in total. The van der Waals surface area contributed by atoms with E-state index in [1.807, 2.05) is 0 Å². The highest BCUT2D eigenvalue weighted by molar-refractivity contribution is 5.84. The van der Waals surface area contributed by atoms with Crippen molar-refractivity contribution in [1.82, 2.24) is 5.32 Å². The summed E-state index contributed by atoms with van der Waals surface area (Å²) in [5.41, 5.74) is 3.87. The highest BCUT2D eigenvalue weighted by Crippen LogP contribution is 2.28. The Kier molecular flexibility index (Phi) is 4.21. The molecule has 1 amide bonds. The van der Waals surface area contributed by atoms with Gasteiger partial charge in [0.2, 0.25) is 0 Å². The monoisotopic (exact) mass is 258 g/mol. The molecule has 0 heterocycles. The van der Waals surface area contributed by atoms with Gasteiger partial charge in [-0.3, -0.25) is 0 Å². The van der Waals surface area contributed by atoms with Crippen LogP contribution in [0.4, 0.5) is 4.79 Å². The van der Waals surface area contributed by atoms with Gasteiger partial charge in [0.15, 0.2) is 0 Å². The largest absolute Gasteiger partial charge is 0.480 e. The van der Waals surface area contributed by atoms with Gasteiger partial charge in [-0.2, -0.15) is 0 Å². The predicted molar refractivity (Wildman–Crippen MR) is 66.2 cm³/mol. The minimum absolute atomic E-state index is 0.0120. The number of nitrogens with one attached hydrogen (secondary N) is 1. The normalized spacial score (nSPS) is 28.6. The molecule has 1 saturated carbocycles. The van der Waals surface area contributed by atoms with Gasteiger partial charge in [-0.25, -0.2) is 9.59 Å². The smallest absolute Gasteiger partial charge is 0.408 e. The molecular formula is C12H22N2O4. The van der Waals surface area contributed by atoms with Crippen LogP contribution >= 0.6 is 0 Å². The molecule has 18 heavy (non-hydrogen) atoms. The molecule has 0 aliphatic heterocycles. The zero-order valence-corrected chi connectivity index (χ0v) is 11.2. The molecule has 0 saturated heterocycles. The standard InChI is InChI=1S/C12H22N2O4/c1-11(2,3)18-10(17)14-12(9(15)16)6-4-8(13)5-7-12/h8H,4-7,13H2,1-3H3,(H,14,17)(H,15,16). The molecule has 1 aliphatic rings. The lowest BCUT2D eigenvalue weighted by Crippen LogP contribution is -2.58. The van der Waals surface area contributed by atoms with Crippen molar-refractivity contribution in [3.05, 3.63) is 0 Å². The average Bonchev–Trinajstić information content (AvgIpc) is 2.18. The van der Waals surface area contributed by atoms with E-state index in [1.165, 1.54) is 0 Å². The molecule has 1 fully saturated rings. The Hall–Kier alpha value is -1.30. The van der Waals surface area contributed by atoms with Crippen LogP contribution in [0.25, 0.3) is 0 Å². The van der Waals surface area contributed by atoms with E-state index in [0.29, 0.717) is 25.7 Å². The zero-order valence-electron chi connectivity index (χ0n) is 11.2. The second-order valence-corrected chi connectivity index (χ2v) is 5.85. The van der Waals surface area contributed by atoms with Gasteiger partial charge in [0, 0.05) is 6.04 Å². The third-order valence-corrected chi connectivity index (χ3v) is 3.03. The number of amides is 1. The van der Waals surface area contributed by atoms with E-state index >= 15 is 0 Å². The van der Waals surface area contributed by atoms with E-state index in [4.69, 9.17) is 10.5 Å². The van der Waals surface area contributed by atoms with Gasteiger partial charge in [-0.05, 0) is 46.5 Å². The first-order valence-electron chi connectivity index (χ1n) is 6.15. The lowest BCUT2D eigenvalue weighted by molar-refractivity contribution is -0.146. The molecule has 0 radical (unpaired) electrons. The number of nitrogens with two attached hydrogens (primary N) is 1. The van der Waals surface area contributed by atoms with Crippen molar-refractivity contribution in [1.29, 1.82) is 0 Å². The molecule has 6 heteroatoms. The Balaban J connectivity index is 2.70. The van der Waals surface area contributed by atoms with Crippen LogP contribution in [0.1, 0.15) is 46.5 Å². The number of carboxylic acids is 1. The van der Waals surface area contributed by atoms with E-state index in [0.717, 1.165) is 0 Å². The van der Waals surface area contributed by atoms with Crippen molar-refractivity contribution in [2.45, 2.75) is 63.6 Å². The fourth-order valence-electron chi connectivity index (χ4n) is 2.02. The zero-order chi connectivity index (χ0) is 14.0. The Morgan fingerprint density at radius 1 is 1.33 bits per heavy atom. The number of carbonyl (C=O) groups is 2. The molecule has 0 spiro atoms. The first-order valence-corrected chi connectivity index (χ1v) is 6.15. The van der Waals surface area contributed by atoms with Crippen LogP contribution in [0.15, 0.2) is 0 Å². The molecule has 1 aliphatic carbocycles. The van der Waals surface area contributed by atoms with Crippen LogP contribution in [-0.4, -0.2) is 34.4 Å². The van der Waals surface area contributed by atoms with Crippen molar-refractivity contribution >= 4 is 12.1 Å². The molecule has 0 aromatic heterocycles. The molecule has 1 rings (SSSR count). The van der Waals surface area contributed by atoms with E-state index < -0.39 is 23.2 Å². The van der Waals surface area contributed by atoms with E-state index in [9.17, 15) is 14.7 Å². The van der Waals surface area contributed by atoms with Gasteiger partial charge in [-0.1, -0.05) is 0 Å². The second kappa shape index (κ2) is 5.14. The van der Waals surface area contributed by atoms with Gasteiger partial charge in [0.05, 0.1) is 0 Å². The van der Waals surface area contributed by atoms with Crippen molar-refractivity contribution in [2.24, 2.45) is 5.73 Å². The van der Waals surface area contributed by atoms with Crippen LogP contribution < -0.4 is 11.1 Å². The summed E-state index contributed by atoms with van der Waals surface area (Å²) in [7, 11) is 0. The summed E-state index contributed by atoms with van der Waals surface area (Å²) in [5.74, 6) is -1.03. The number of carboxylic acid groups (broad SMARTS) is 1. The quantitative estimate of drug-likeness (QED) is 0.691. The number of alkyl carbamates (subject to hydrolysis) is 1. The topological polar surface area (TPSA) is 102 Å². The van der Waals surface area contributed by atoms with Crippen molar-refractivity contribution in [3.8, 4) is 0 Å². The summed E-state index contributed by atoms with van der Waals surface area (Å²) in [6, 6.07) is 0.0120. The summed E-state index contributed by atoms with van der Waals surface area (Å²) < 4.78 is 5.10. The SMILES string of the molecule is CC(C)(C)OC(=O)NC1(C(=O)O)CCC(N)CC1. The van der Waals surface area contributed by atoms with Crippen LogP contribution in [0.3, 0.4) is 0 Å². The number of rotatable bonds is 2. The minimum atomic E-state index is -1.24. The summed E-state index contributed by atoms with van der Waals surface area (Å²) in [6.45, 7) is 5.20. The number of hydrogen-bond donors (Lipinski definition) is 3. The average molecular weight is 258 g/mol. The van der Waals surface area contributed by atoms with Crippen molar-refractivity contribution in [2.75, 3.05) is 0 Å². The third-order valence-electron chi connectivity index (χ3n) is 3.03. The van der Waals surface area contributed by atoms with E-state index in [-0.39, 0.29) is 6.04 Å². The Morgan fingerprint density at radius 3 is 2.22 bits per heavy atom. The minimum Gasteiger partial charge on any atom is -0.480 e. The Labute approximate surface area is 107 Å². The van der Waals surface area contributed by atoms with Gasteiger partial charge in [0.25, 0.3) is 0 Å². The number of aliphatic carboxylic acids is 1. The van der Waals surface area contributed by atoms with Gasteiger partial charge >= 0.3 is 12.1 Å². The number of ether oxygens (including phenoxy) is 1. The Bertz CT molecular complexity index is 327. The fourth-order valence-corrected chi connectivity index (χ4v) is 2.02. The number of carbonyl (C=O) groups excluding carboxylic acids is 1. The highest BCUT2D eigenvalue weighted by atomic mass is 16.6. The van der Waals surface area contributed by atoms with Gasteiger partial charge < -0.3 is 20.9 Å². The van der Waals surface area contributed by atoms with Crippen molar-refractivity contribution in [3.63, 3.8) is 0 Å². The molecule has 104 valence electrons. The predicted octanol–water partition coefficient (Wildman–Crippen LogP) is 1.24. The lowest BCUT2D eigenvalue weighted by atomic mass is 9.80. The van der Waals surface area contributed by atoms with Crippen LogP contribution in [0.5, 0.6) is 0 Å². The maximum Gasteiger partial charge on any atom is 0.408 e. The maximum absolute atomic E-state index is 11.7. The molecular weight excluding hydrogens is 236 g/mol. The van der Waals surface area contributed by atoms with Crippen LogP contribution in [-0.2, 0) is 9.53 Å². The van der Waals surface area contributed by atoms with Gasteiger partial charge in [-0.15, -0.1) is 0 Å². The highest BCUT2D eigenvalue weighted by Gasteiger charge is 2.43. The second-order valence-electron chi connectivity index (χ2n) is 5.85. The third kappa shape index (κ3) is 3.87. The first kappa shape index (κ1) is 14.8. The maximum atomic E-state index is 11.7. The first-order chi connectivity index (χ1) is 8.15. The lowest BCUT2D eigenvalue weighted by Gasteiger charge is -2.36. The summed E-state index contributed by atoms with van der Waals surface area (Å²) in [5, 5.41) is 11.8. The number of hydrogen-bond acceptors (Lipinski definition) is 4. The molecule has 0 atom stereocenters. The Morgan fingerprint density at radius 2 is 1.83 bits per heavy atom. The summed E-state index contributed by atoms with van der Waals surface area (Å²) in [4.78, 5) is 23.1. The van der Waals surface area contributed by atoms with Crippen LogP contribution in [0, 0.1) is 0 Å². The summed E-state index contributed by atoms with van der Waals surface area (Å²) >= 11 is 0.